The van der Waals surface area contributed by atoms with Crippen LogP contribution in [0.4, 0.5) is 0 Å². The van der Waals surface area contributed by atoms with Gasteiger partial charge in [-0.15, -0.1) is 0 Å². The van der Waals surface area contributed by atoms with Gasteiger partial charge in [0.05, 0.1) is 29.9 Å². The van der Waals surface area contributed by atoms with E-state index in [2.05, 4.69) is 9.97 Å². The average Bonchev–Trinajstić information content (AvgIpc) is 2.86. The molecule has 1 aliphatic heterocycles. The molecule has 0 aromatic carbocycles. The number of nitrogens with two attached hydrogens (primary N) is 1. The van der Waals surface area contributed by atoms with Gasteiger partial charge in [-0.3, -0.25) is 14.8 Å². The van der Waals surface area contributed by atoms with Crippen molar-refractivity contribution in [3.8, 4) is 0 Å². The van der Waals surface area contributed by atoms with Gasteiger partial charge in [0.15, 0.2) is 0 Å². The van der Waals surface area contributed by atoms with Crippen LogP contribution in [0.1, 0.15) is 36.7 Å². The molecule has 1 atom stereocenters. The predicted octanol–water partition coefficient (Wildman–Crippen LogP) is -0.00900. The van der Waals surface area contributed by atoms with Gasteiger partial charge < -0.3 is 5.73 Å². The Balaban J connectivity index is 2.11. The molecule has 0 bridgehead atoms. The first-order chi connectivity index (χ1) is 9.38. The van der Waals surface area contributed by atoms with Crippen molar-refractivity contribution in [3.63, 3.8) is 0 Å². The van der Waals surface area contributed by atoms with E-state index in [1.54, 1.807) is 12.4 Å². The van der Waals surface area contributed by atoms with E-state index in [9.17, 15) is 13.2 Å². The second kappa shape index (κ2) is 5.84. The minimum Gasteiger partial charge on any atom is -0.370 e. The zero-order chi connectivity index (χ0) is 14.8. The van der Waals surface area contributed by atoms with Crippen molar-refractivity contribution < 1.29 is 13.2 Å². The average molecular weight is 298 g/mol. The highest BCUT2D eigenvalue weighted by Crippen LogP contribution is 2.32. The van der Waals surface area contributed by atoms with Gasteiger partial charge in [-0.05, 0) is 19.3 Å². The third-order valence-corrected chi connectivity index (χ3v) is 4.61. The van der Waals surface area contributed by atoms with Crippen molar-refractivity contribution >= 4 is 15.9 Å². The van der Waals surface area contributed by atoms with Crippen LogP contribution in [-0.2, 0) is 21.2 Å². The molecule has 2 N–H and O–H groups in total. The Morgan fingerprint density at radius 2 is 2.20 bits per heavy atom. The number of nitrogens with zero attached hydrogens (tertiary/aromatic N) is 3. The zero-order valence-corrected chi connectivity index (χ0v) is 12.1. The highest BCUT2D eigenvalue weighted by molar-refractivity contribution is 7.88. The zero-order valence-electron chi connectivity index (χ0n) is 11.3. The first-order valence-corrected chi connectivity index (χ1v) is 8.28. The second-order valence-electron chi connectivity index (χ2n) is 4.93. The van der Waals surface area contributed by atoms with Crippen molar-refractivity contribution in [2.24, 2.45) is 5.73 Å². The smallest absolute Gasteiger partial charge is 0.217 e. The molecule has 7 nitrogen and oxygen atoms in total. The first-order valence-electron chi connectivity index (χ1n) is 6.44. The normalized spacial score (nSPS) is 20.1. The number of aryl methyl sites for hydroxylation is 1. The molecule has 2 rings (SSSR count). The van der Waals surface area contributed by atoms with E-state index < -0.39 is 10.0 Å². The number of hydrogen-bond acceptors (Lipinski definition) is 5. The molecule has 1 unspecified atom stereocenters. The summed E-state index contributed by atoms with van der Waals surface area (Å²) < 4.78 is 24.8. The van der Waals surface area contributed by atoms with E-state index >= 15 is 0 Å². The number of carbonyl (C=O) groups excluding carboxylic acids is 1. The molecule has 8 heteroatoms. The van der Waals surface area contributed by atoms with Crippen LogP contribution in [0.25, 0.3) is 0 Å². The summed E-state index contributed by atoms with van der Waals surface area (Å²) in [5.74, 6) is -0.380. The van der Waals surface area contributed by atoms with Gasteiger partial charge in [-0.2, -0.15) is 4.31 Å². The van der Waals surface area contributed by atoms with Crippen LogP contribution in [0.15, 0.2) is 12.4 Å². The van der Waals surface area contributed by atoms with Crippen LogP contribution in [0.3, 0.4) is 0 Å². The number of primary amides is 1. The molecule has 110 valence electrons. The summed E-state index contributed by atoms with van der Waals surface area (Å²) in [5.41, 5.74) is 6.40. The van der Waals surface area contributed by atoms with E-state index in [0.717, 1.165) is 12.8 Å². The Morgan fingerprint density at radius 1 is 1.45 bits per heavy atom. The summed E-state index contributed by atoms with van der Waals surface area (Å²) >= 11 is 0. The van der Waals surface area contributed by atoms with Crippen molar-refractivity contribution in [2.75, 3.05) is 12.8 Å². The standard InChI is InChI=1S/C12H18N4O3S/c1-20(18,19)16-6-2-3-11(16)10-8-14-9(7-15-10)4-5-12(13)17/h7-8,11H,2-6H2,1H3,(H2,13,17). The minimum absolute atomic E-state index is 0.229. The van der Waals surface area contributed by atoms with Gasteiger partial charge in [0, 0.05) is 19.2 Å². The van der Waals surface area contributed by atoms with E-state index in [1.807, 2.05) is 0 Å². The topological polar surface area (TPSA) is 106 Å². The Morgan fingerprint density at radius 3 is 2.75 bits per heavy atom. The number of hydrogen-bond donors (Lipinski definition) is 1. The Bertz CT molecular complexity index is 585. The maximum Gasteiger partial charge on any atom is 0.217 e. The lowest BCUT2D eigenvalue weighted by molar-refractivity contribution is -0.118. The van der Waals surface area contributed by atoms with Gasteiger partial charge in [0.25, 0.3) is 0 Å². The predicted molar refractivity (Wildman–Crippen MR) is 73.1 cm³/mol. The fourth-order valence-electron chi connectivity index (χ4n) is 2.35. The number of sulfonamides is 1. The SMILES string of the molecule is CS(=O)(=O)N1CCCC1c1cnc(CCC(N)=O)cn1. The molecular weight excluding hydrogens is 280 g/mol. The molecule has 1 saturated heterocycles. The third-order valence-electron chi connectivity index (χ3n) is 3.32. The van der Waals surface area contributed by atoms with Crippen LogP contribution < -0.4 is 5.73 Å². The molecular formula is C12H18N4O3S. The maximum atomic E-state index is 11.7. The molecule has 1 amide bonds. The molecule has 0 spiro atoms. The minimum atomic E-state index is -3.23. The molecule has 1 aromatic rings. The van der Waals surface area contributed by atoms with Gasteiger partial charge in [0.1, 0.15) is 0 Å². The molecule has 1 aliphatic rings. The lowest BCUT2D eigenvalue weighted by atomic mass is 10.1. The van der Waals surface area contributed by atoms with E-state index in [1.165, 1.54) is 10.6 Å². The van der Waals surface area contributed by atoms with E-state index in [0.29, 0.717) is 24.4 Å². The molecule has 20 heavy (non-hydrogen) atoms. The molecule has 0 aliphatic carbocycles. The third kappa shape index (κ3) is 3.51. The molecule has 2 heterocycles. The van der Waals surface area contributed by atoms with Crippen molar-refractivity contribution in [2.45, 2.75) is 31.7 Å². The lowest BCUT2D eigenvalue weighted by Gasteiger charge is -2.21. The highest BCUT2D eigenvalue weighted by atomic mass is 32.2. The highest BCUT2D eigenvalue weighted by Gasteiger charge is 2.33. The molecule has 1 fully saturated rings. The molecule has 0 radical (unpaired) electrons. The van der Waals surface area contributed by atoms with Crippen LogP contribution >= 0.6 is 0 Å². The van der Waals surface area contributed by atoms with Crippen molar-refractivity contribution in [3.05, 3.63) is 23.8 Å². The fourth-order valence-corrected chi connectivity index (χ4v) is 3.49. The number of aromatic nitrogens is 2. The summed E-state index contributed by atoms with van der Waals surface area (Å²) in [6, 6.07) is -0.234. The Hall–Kier alpha value is -1.54. The monoisotopic (exact) mass is 298 g/mol. The summed E-state index contributed by atoms with van der Waals surface area (Å²) in [7, 11) is -3.23. The summed E-state index contributed by atoms with van der Waals surface area (Å²) in [6.07, 6.45) is 6.63. The maximum absolute atomic E-state index is 11.7. The second-order valence-corrected chi connectivity index (χ2v) is 6.87. The van der Waals surface area contributed by atoms with Crippen LogP contribution in [-0.4, -0.2) is 41.4 Å². The molecule has 1 aromatic heterocycles. The van der Waals surface area contributed by atoms with Crippen LogP contribution in [0.2, 0.25) is 0 Å². The van der Waals surface area contributed by atoms with E-state index in [4.69, 9.17) is 5.73 Å². The van der Waals surface area contributed by atoms with Crippen LogP contribution in [0, 0.1) is 0 Å². The number of rotatable bonds is 5. The summed E-state index contributed by atoms with van der Waals surface area (Å²) in [4.78, 5) is 19.2. The van der Waals surface area contributed by atoms with Gasteiger partial charge >= 0.3 is 0 Å². The van der Waals surface area contributed by atoms with Gasteiger partial charge in [0.2, 0.25) is 15.9 Å². The molecule has 0 saturated carbocycles. The number of amides is 1. The quantitative estimate of drug-likeness (QED) is 0.823. The van der Waals surface area contributed by atoms with E-state index in [-0.39, 0.29) is 18.4 Å². The van der Waals surface area contributed by atoms with Crippen LogP contribution in [0.5, 0.6) is 0 Å². The number of carbonyl (C=O) groups is 1. The Labute approximate surface area is 118 Å². The Kier molecular flexibility index (Phi) is 4.34. The fraction of sp³-hybridized carbons (Fsp3) is 0.583. The summed E-state index contributed by atoms with van der Waals surface area (Å²) in [6.45, 7) is 0.522. The lowest BCUT2D eigenvalue weighted by Crippen LogP contribution is -2.30. The first kappa shape index (κ1) is 14.9. The van der Waals surface area contributed by atoms with Gasteiger partial charge in [-0.1, -0.05) is 0 Å². The van der Waals surface area contributed by atoms with Crippen molar-refractivity contribution in [1.29, 1.82) is 0 Å². The van der Waals surface area contributed by atoms with Crippen molar-refractivity contribution in [1.82, 2.24) is 14.3 Å². The van der Waals surface area contributed by atoms with Gasteiger partial charge in [-0.25, -0.2) is 8.42 Å². The largest absolute Gasteiger partial charge is 0.370 e. The summed E-state index contributed by atoms with van der Waals surface area (Å²) in [5, 5.41) is 0.